The first-order valence-electron chi connectivity index (χ1n) is 29.9. The van der Waals surface area contributed by atoms with Crippen LogP contribution in [0.25, 0.3) is 31.3 Å². The van der Waals surface area contributed by atoms with Gasteiger partial charge >= 0.3 is 0 Å². The fraction of sp³-hybridized carbons (Fsp3) is 0.192. The molecule has 10 heteroatoms. The van der Waals surface area contributed by atoms with Gasteiger partial charge in [0.15, 0.2) is 11.6 Å². The molecule has 11 rings (SSSR count). The number of ketones is 2. The molecule has 8 aromatic carbocycles. The van der Waals surface area contributed by atoms with Gasteiger partial charge in [0, 0.05) is 45.8 Å². The molecule has 11 aromatic rings. The summed E-state index contributed by atoms with van der Waals surface area (Å²) in [6.07, 6.45) is 2.51. The SMILES string of the molecule is CC(=O)Nc1ccc(-c2cccc(Nc3cccc(C)c3)c2)s1.CC(O)c1cccc(Cc2cccc(-c3ccc(C(=O)C[C@H](C)c4ccccc4)s3)c2)c1.Cc1cccc(CCC(=O)c2ccc(-c3cccc(Cc4cccc(C(C)O)c4)c3)s2)c1C. The van der Waals surface area contributed by atoms with Crippen molar-refractivity contribution in [3.05, 3.63) is 301 Å². The molecule has 1 amide bonds. The van der Waals surface area contributed by atoms with Crippen LogP contribution in [0.5, 0.6) is 0 Å². The van der Waals surface area contributed by atoms with Crippen molar-refractivity contribution < 1.29 is 24.6 Å². The molecule has 0 aliphatic heterocycles. The van der Waals surface area contributed by atoms with Crippen molar-refractivity contribution in [3.63, 3.8) is 0 Å². The molecule has 0 bridgehead atoms. The number of Topliss-reactive ketones (excluding diaryl/α,β-unsaturated/α-hetero) is 2. The molecule has 4 N–H and O–H groups in total. The third kappa shape index (κ3) is 18.2. The molecule has 0 saturated heterocycles. The lowest BCUT2D eigenvalue weighted by Crippen LogP contribution is -2.03. The van der Waals surface area contributed by atoms with E-state index in [9.17, 15) is 24.6 Å². The summed E-state index contributed by atoms with van der Waals surface area (Å²) in [5.41, 5.74) is 18.4. The van der Waals surface area contributed by atoms with Crippen molar-refractivity contribution in [2.24, 2.45) is 0 Å². The Morgan fingerprint density at radius 3 is 1.50 bits per heavy atom. The van der Waals surface area contributed by atoms with Crippen LogP contribution in [-0.2, 0) is 24.1 Å². The van der Waals surface area contributed by atoms with E-state index >= 15 is 0 Å². The summed E-state index contributed by atoms with van der Waals surface area (Å²) in [4.78, 5) is 41.8. The molecule has 0 aliphatic rings. The maximum absolute atomic E-state index is 12.9. The van der Waals surface area contributed by atoms with Gasteiger partial charge in [-0.1, -0.05) is 177 Å². The molecule has 3 atom stereocenters. The minimum atomic E-state index is -0.465. The van der Waals surface area contributed by atoms with E-state index in [0.717, 1.165) is 87.8 Å². The van der Waals surface area contributed by atoms with Crippen molar-refractivity contribution in [2.45, 2.75) is 98.7 Å². The van der Waals surface area contributed by atoms with Gasteiger partial charge in [-0.05, 0) is 198 Å². The van der Waals surface area contributed by atoms with Crippen molar-refractivity contribution in [1.29, 1.82) is 0 Å². The first kappa shape index (κ1) is 63.9. The molecule has 3 aromatic heterocycles. The number of rotatable bonds is 20. The summed E-state index contributed by atoms with van der Waals surface area (Å²) in [5, 5.41) is 26.8. The van der Waals surface area contributed by atoms with Gasteiger partial charge in [0.25, 0.3) is 0 Å². The molecule has 0 aliphatic carbocycles. The van der Waals surface area contributed by atoms with E-state index in [0.29, 0.717) is 12.8 Å². The highest BCUT2D eigenvalue weighted by Crippen LogP contribution is 2.35. The Balaban J connectivity index is 0.000000160. The summed E-state index contributed by atoms with van der Waals surface area (Å²) in [6, 6.07) is 78.3. The molecule has 88 heavy (non-hydrogen) atoms. The number of hydrogen-bond donors (Lipinski definition) is 4. The first-order valence-corrected chi connectivity index (χ1v) is 32.3. The van der Waals surface area contributed by atoms with Crippen LogP contribution < -0.4 is 10.6 Å². The zero-order valence-electron chi connectivity index (χ0n) is 51.1. The Bertz CT molecular complexity index is 4130. The summed E-state index contributed by atoms with van der Waals surface area (Å²) in [6.45, 7) is 13.5. The molecular weight excluding hydrogens is 1140 g/mol. The number of anilines is 3. The number of carbonyl (C=O) groups excluding carboxylic acids is 3. The number of aryl methyl sites for hydroxylation is 3. The van der Waals surface area contributed by atoms with E-state index in [4.69, 9.17) is 0 Å². The van der Waals surface area contributed by atoms with Crippen LogP contribution >= 0.6 is 34.0 Å². The van der Waals surface area contributed by atoms with Gasteiger partial charge < -0.3 is 20.8 Å². The lowest BCUT2D eigenvalue weighted by molar-refractivity contribution is -0.114. The van der Waals surface area contributed by atoms with E-state index in [1.165, 1.54) is 57.0 Å². The maximum Gasteiger partial charge on any atom is 0.221 e. The Hall–Kier alpha value is -8.61. The summed E-state index contributed by atoms with van der Waals surface area (Å²) in [5.74, 6) is 0.560. The number of amides is 1. The minimum absolute atomic E-state index is 0.0479. The first-order chi connectivity index (χ1) is 42.5. The largest absolute Gasteiger partial charge is 0.389 e. The van der Waals surface area contributed by atoms with Crippen molar-refractivity contribution in [1.82, 2.24) is 0 Å². The average molecular weight is 1220 g/mol. The Morgan fingerprint density at radius 2 is 0.932 bits per heavy atom. The highest BCUT2D eigenvalue weighted by molar-refractivity contribution is 7.19. The van der Waals surface area contributed by atoms with Crippen LogP contribution in [0.2, 0.25) is 0 Å². The van der Waals surface area contributed by atoms with Crippen LogP contribution in [0, 0.1) is 20.8 Å². The molecule has 0 fully saturated rings. The molecular formula is C78H76N2O5S3. The van der Waals surface area contributed by atoms with Gasteiger partial charge in [0.2, 0.25) is 5.91 Å². The maximum atomic E-state index is 12.9. The van der Waals surface area contributed by atoms with Gasteiger partial charge in [-0.15, -0.1) is 34.0 Å². The highest BCUT2D eigenvalue weighted by atomic mass is 32.1. The fourth-order valence-electron chi connectivity index (χ4n) is 10.5. The van der Waals surface area contributed by atoms with E-state index < -0.39 is 12.2 Å². The van der Waals surface area contributed by atoms with Crippen LogP contribution in [-0.4, -0.2) is 27.7 Å². The second-order valence-electron chi connectivity index (χ2n) is 22.6. The average Bonchev–Trinajstić information content (AvgIpc) is 3.96. The van der Waals surface area contributed by atoms with Crippen LogP contribution in [0.4, 0.5) is 16.4 Å². The molecule has 3 heterocycles. The number of nitrogens with one attached hydrogen (secondary N) is 2. The van der Waals surface area contributed by atoms with Crippen LogP contribution in [0.1, 0.15) is 139 Å². The van der Waals surface area contributed by atoms with Gasteiger partial charge in [-0.25, -0.2) is 0 Å². The van der Waals surface area contributed by atoms with E-state index in [1.807, 2.05) is 84.9 Å². The summed E-state index contributed by atoms with van der Waals surface area (Å²) < 4.78 is 0. The number of aliphatic hydroxyl groups excluding tert-OH is 2. The van der Waals surface area contributed by atoms with Crippen LogP contribution in [0.15, 0.2) is 231 Å². The normalized spacial score (nSPS) is 11.9. The van der Waals surface area contributed by atoms with Gasteiger partial charge in [-0.3, -0.25) is 14.4 Å². The predicted octanol–water partition coefficient (Wildman–Crippen LogP) is 20.4. The van der Waals surface area contributed by atoms with Crippen molar-refractivity contribution in [3.8, 4) is 31.3 Å². The molecule has 0 radical (unpaired) electrons. The van der Waals surface area contributed by atoms with Gasteiger partial charge in [0.1, 0.15) is 0 Å². The monoisotopic (exact) mass is 1220 g/mol. The van der Waals surface area contributed by atoms with Crippen molar-refractivity contribution in [2.75, 3.05) is 10.6 Å². The quantitative estimate of drug-likeness (QED) is 0.0565. The van der Waals surface area contributed by atoms with Crippen molar-refractivity contribution >= 4 is 67.9 Å². The topological polar surface area (TPSA) is 116 Å². The standard InChI is InChI=1S/C30H30O2S.C29H28O2S.C19H18N2OS/c1-20-7-4-10-25(21(20)2)13-14-28(32)30-16-15-29(33-30)27-12-6-9-24(19-27)17-23-8-5-11-26(18-23)22(3)31;1-20(24-10-4-3-5-11-24)16-27(31)29-15-14-28(32-29)26-13-7-9-23(19-26)17-22-8-6-12-25(18-22)21(2)30;1-13-5-3-7-16(11-13)21-17-8-4-6-15(12-17)18-9-10-19(23-18)20-14(2)22/h4-12,15-16,18-19,22,31H,13-14,17H2,1-3H3;3-15,18-21,30H,16-17H2,1-2H3;3-12,21H,1-2H3,(H,20,22)/t;20-,21?;/m.0./s1. The van der Waals surface area contributed by atoms with Gasteiger partial charge in [0.05, 0.1) is 27.0 Å². The number of hydrogen-bond acceptors (Lipinski definition) is 9. The lowest BCUT2D eigenvalue weighted by atomic mass is 9.95. The molecule has 7 nitrogen and oxygen atoms in total. The number of benzene rings is 8. The molecule has 446 valence electrons. The summed E-state index contributed by atoms with van der Waals surface area (Å²) in [7, 11) is 0. The second kappa shape index (κ2) is 30.8. The number of aliphatic hydroxyl groups is 2. The molecule has 0 saturated carbocycles. The second-order valence-corrected chi connectivity index (χ2v) is 25.8. The summed E-state index contributed by atoms with van der Waals surface area (Å²) >= 11 is 4.72. The third-order valence-electron chi connectivity index (χ3n) is 15.4. The zero-order chi connectivity index (χ0) is 62.1. The third-order valence-corrected chi connectivity index (χ3v) is 18.8. The molecule has 0 spiro atoms. The Kier molecular flexibility index (Phi) is 22.4. The van der Waals surface area contributed by atoms with E-state index in [-0.39, 0.29) is 23.4 Å². The predicted molar refractivity (Wildman–Crippen MR) is 370 cm³/mol. The minimum Gasteiger partial charge on any atom is -0.389 e. The Morgan fingerprint density at radius 1 is 0.455 bits per heavy atom. The Labute approximate surface area is 531 Å². The zero-order valence-corrected chi connectivity index (χ0v) is 53.5. The fourth-order valence-corrected chi connectivity index (χ4v) is 13.3. The number of carbonyl (C=O) groups is 3. The molecule has 2 unspecified atom stereocenters. The van der Waals surface area contributed by atoms with Gasteiger partial charge in [-0.2, -0.15) is 0 Å². The van der Waals surface area contributed by atoms with Crippen LogP contribution in [0.3, 0.4) is 0 Å². The van der Waals surface area contributed by atoms with E-state index in [2.05, 4.69) is 184 Å². The smallest absolute Gasteiger partial charge is 0.221 e. The van der Waals surface area contributed by atoms with E-state index in [1.54, 1.807) is 47.9 Å². The number of thiophene rings is 3. The lowest BCUT2D eigenvalue weighted by Gasteiger charge is -2.10. The highest BCUT2D eigenvalue weighted by Gasteiger charge is 2.17.